The van der Waals surface area contributed by atoms with Crippen LogP contribution >= 0.6 is 15.9 Å². The molecule has 2 heterocycles. The number of epoxide rings is 2. The minimum Gasteiger partial charge on any atom is -0.381 e. The van der Waals surface area contributed by atoms with Gasteiger partial charge in [-0.3, -0.25) is 0 Å². The Balaban J connectivity index is 1.64. The average Bonchev–Trinajstić information content (AvgIpc) is 3.18. The second kappa shape index (κ2) is 4.84. The van der Waals surface area contributed by atoms with Crippen LogP contribution in [0, 0.1) is 0 Å². The van der Waals surface area contributed by atoms with Crippen LogP contribution in [0.25, 0.3) is 0 Å². The maximum absolute atomic E-state index is 5.19. The molecule has 2 atom stereocenters. The van der Waals surface area contributed by atoms with Gasteiger partial charge in [0.2, 0.25) is 0 Å². The molecule has 0 saturated carbocycles. The molecule has 2 saturated heterocycles. The van der Waals surface area contributed by atoms with Crippen LogP contribution in [0.2, 0.25) is 0 Å². The number of hydrogen-bond donors (Lipinski definition) is 2. The zero-order valence-electron chi connectivity index (χ0n) is 9.41. The van der Waals surface area contributed by atoms with Crippen LogP contribution < -0.4 is 10.6 Å². The second-order valence-electron chi connectivity index (χ2n) is 4.36. The Morgan fingerprint density at radius 2 is 1.65 bits per heavy atom. The average molecular weight is 299 g/mol. The Morgan fingerprint density at radius 1 is 1.06 bits per heavy atom. The first kappa shape index (κ1) is 11.3. The molecule has 2 aliphatic heterocycles. The van der Waals surface area contributed by atoms with Crippen molar-refractivity contribution in [1.82, 2.24) is 0 Å². The van der Waals surface area contributed by atoms with E-state index in [-0.39, 0.29) is 0 Å². The van der Waals surface area contributed by atoms with Crippen LogP contribution in [0.15, 0.2) is 22.7 Å². The standard InChI is InChI=1S/C12H15BrN2O2/c13-8-1-2-11(14-4-9-6-16-9)12(3-8)15-5-10-7-17-10/h1-3,9-10,14-15H,4-7H2. The fraction of sp³-hybridized carbons (Fsp3) is 0.500. The zero-order valence-corrected chi connectivity index (χ0v) is 11.0. The van der Waals surface area contributed by atoms with Crippen molar-refractivity contribution in [2.45, 2.75) is 12.2 Å². The fourth-order valence-corrected chi connectivity index (χ4v) is 2.00. The highest BCUT2D eigenvalue weighted by atomic mass is 79.9. The van der Waals surface area contributed by atoms with Crippen molar-refractivity contribution >= 4 is 27.3 Å². The van der Waals surface area contributed by atoms with Crippen molar-refractivity contribution in [2.75, 3.05) is 36.9 Å². The van der Waals surface area contributed by atoms with Gasteiger partial charge in [0, 0.05) is 17.6 Å². The molecular formula is C12H15BrN2O2. The van der Waals surface area contributed by atoms with Crippen LogP contribution in [0.1, 0.15) is 0 Å². The number of rotatable bonds is 6. The van der Waals surface area contributed by atoms with Gasteiger partial charge in [-0.05, 0) is 18.2 Å². The van der Waals surface area contributed by atoms with Gasteiger partial charge in [0.05, 0.1) is 36.8 Å². The molecule has 4 nitrogen and oxygen atoms in total. The van der Waals surface area contributed by atoms with Crippen LogP contribution in [-0.4, -0.2) is 38.5 Å². The number of benzene rings is 1. The lowest BCUT2D eigenvalue weighted by Crippen LogP contribution is -2.12. The van der Waals surface area contributed by atoms with Gasteiger partial charge in [0.15, 0.2) is 0 Å². The summed E-state index contributed by atoms with van der Waals surface area (Å²) in [6, 6.07) is 6.19. The summed E-state index contributed by atoms with van der Waals surface area (Å²) in [5.41, 5.74) is 2.22. The van der Waals surface area contributed by atoms with Crippen molar-refractivity contribution in [1.29, 1.82) is 0 Å². The molecule has 2 aliphatic rings. The first-order valence-electron chi connectivity index (χ1n) is 5.82. The number of halogens is 1. The summed E-state index contributed by atoms with van der Waals surface area (Å²) < 4.78 is 11.5. The maximum Gasteiger partial charge on any atom is 0.0981 e. The Kier molecular flexibility index (Phi) is 3.22. The van der Waals surface area contributed by atoms with Gasteiger partial charge in [-0.1, -0.05) is 15.9 Å². The molecular weight excluding hydrogens is 284 g/mol. The molecule has 17 heavy (non-hydrogen) atoms. The van der Waals surface area contributed by atoms with Crippen LogP contribution in [0.4, 0.5) is 11.4 Å². The highest BCUT2D eigenvalue weighted by Crippen LogP contribution is 2.27. The van der Waals surface area contributed by atoms with E-state index in [1.165, 1.54) is 0 Å². The van der Waals surface area contributed by atoms with Gasteiger partial charge in [-0.25, -0.2) is 0 Å². The Labute approximate surface area is 109 Å². The lowest BCUT2D eigenvalue weighted by atomic mass is 10.2. The van der Waals surface area contributed by atoms with E-state index in [4.69, 9.17) is 9.47 Å². The molecule has 5 heteroatoms. The zero-order chi connectivity index (χ0) is 11.7. The Morgan fingerprint density at radius 3 is 2.24 bits per heavy atom. The van der Waals surface area contributed by atoms with E-state index in [9.17, 15) is 0 Å². The minimum atomic E-state index is 0.383. The summed E-state index contributed by atoms with van der Waals surface area (Å²) in [5, 5.41) is 6.80. The van der Waals surface area contributed by atoms with Crippen molar-refractivity contribution in [3.05, 3.63) is 22.7 Å². The van der Waals surface area contributed by atoms with E-state index in [2.05, 4.69) is 38.7 Å². The molecule has 0 radical (unpaired) electrons. The quantitative estimate of drug-likeness (QED) is 0.790. The van der Waals surface area contributed by atoms with Crippen LogP contribution in [0.5, 0.6) is 0 Å². The Bertz CT molecular complexity index is 405. The lowest BCUT2D eigenvalue weighted by Gasteiger charge is -2.13. The second-order valence-corrected chi connectivity index (χ2v) is 5.28. The fourth-order valence-electron chi connectivity index (χ4n) is 1.64. The van der Waals surface area contributed by atoms with Crippen molar-refractivity contribution in [3.63, 3.8) is 0 Å². The molecule has 3 rings (SSSR count). The van der Waals surface area contributed by atoms with Gasteiger partial charge < -0.3 is 20.1 Å². The predicted molar refractivity (Wildman–Crippen MR) is 70.6 cm³/mol. The van der Waals surface area contributed by atoms with Crippen molar-refractivity contribution in [2.24, 2.45) is 0 Å². The van der Waals surface area contributed by atoms with E-state index >= 15 is 0 Å². The number of nitrogens with one attached hydrogen (secondary N) is 2. The third-order valence-corrected chi connectivity index (χ3v) is 3.32. The van der Waals surface area contributed by atoms with Crippen LogP contribution in [-0.2, 0) is 9.47 Å². The molecule has 0 bridgehead atoms. The predicted octanol–water partition coefficient (Wildman–Crippen LogP) is 2.07. The van der Waals surface area contributed by atoms with E-state index in [0.29, 0.717) is 12.2 Å². The molecule has 0 spiro atoms. The van der Waals surface area contributed by atoms with Crippen molar-refractivity contribution in [3.8, 4) is 0 Å². The van der Waals surface area contributed by atoms with Gasteiger partial charge in [-0.2, -0.15) is 0 Å². The van der Waals surface area contributed by atoms with Gasteiger partial charge >= 0.3 is 0 Å². The summed E-state index contributed by atoms with van der Waals surface area (Å²) in [6.45, 7) is 3.49. The smallest absolute Gasteiger partial charge is 0.0981 e. The molecule has 1 aromatic rings. The highest BCUT2D eigenvalue weighted by Gasteiger charge is 2.23. The third-order valence-electron chi connectivity index (χ3n) is 2.83. The molecule has 0 aliphatic carbocycles. The van der Waals surface area contributed by atoms with Gasteiger partial charge in [0.25, 0.3) is 0 Å². The first-order valence-corrected chi connectivity index (χ1v) is 6.61. The molecule has 2 N–H and O–H groups in total. The van der Waals surface area contributed by atoms with Crippen LogP contribution in [0.3, 0.4) is 0 Å². The number of anilines is 2. The normalized spacial score (nSPS) is 25.5. The summed E-state index contributed by atoms with van der Waals surface area (Å²) in [7, 11) is 0. The van der Waals surface area contributed by atoms with E-state index in [1.54, 1.807) is 0 Å². The van der Waals surface area contributed by atoms with Gasteiger partial charge in [0.1, 0.15) is 0 Å². The monoisotopic (exact) mass is 298 g/mol. The number of hydrogen-bond acceptors (Lipinski definition) is 4. The highest BCUT2D eigenvalue weighted by molar-refractivity contribution is 9.10. The molecule has 1 aromatic carbocycles. The molecule has 92 valence electrons. The summed E-state index contributed by atoms with van der Waals surface area (Å²) in [4.78, 5) is 0. The van der Waals surface area contributed by atoms with Crippen molar-refractivity contribution < 1.29 is 9.47 Å². The molecule has 0 amide bonds. The first-order chi connectivity index (χ1) is 8.31. The molecule has 0 aromatic heterocycles. The SMILES string of the molecule is Brc1ccc(NCC2CO2)c(NCC2CO2)c1. The largest absolute Gasteiger partial charge is 0.381 e. The molecule has 2 fully saturated rings. The lowest BCUT2D eigenvalue weighted by molar-refractivity contribution is 0.416. The summed E-state index contributed by atoms with van der Waals surface area (Å²) >= 11 is 3.49. The van der Waals surface area contributed by atoms with E-state index in [0.717, 1.165) is 42.2 Å². The topological polar surface area (TPSA) is 49.1 Å². The molecule has 2 unspecified atom stereocenters. The third kappa shape index (κ3) is 3.34. The maximum atomic E-state index is 5.19. The van der Waals surface area contributed by atoms with E-state index < -0.39 is 0 Å². The summed E-state index contributed by atoms with van der Waals surface area (Å²) in [6.07, 6.45) is 0.770. The number of ether oxygens (including phenoxy) is 2. The minimum absolute atomic E-state index is 0.383. The summed E-state index contributed by atoms with van der Waals surface area (Å²) in [5.74, 6) is 0. The van der Waals surface area contributed by atoms with Gasteiger partial charge in [-0.15, -0.1) is 0 Å². The Hall–Kier alpha value is -0.780. The van der Waals surface area contributed by atoms with E-state index in [1.807, 2.05) is 6.07 Å².